The fraction of sp³-hybridized carbons (Fsp3) is 0.625. The zero-order chi connectivity index (χ0) is 14.0. The Morgan fingerprint density at radius 2 is 2.11 bits per heavy atom. The second-order valence-electron chi connectivity index (χ2n) is 6.32. The van der Waals surface area contributed by atoms with Crippen LogP contribution in [-0.4, -0.2) is 30.1 Å². The van der Waals surface area contributed by atoms with Crippen molar-refractivity contribution in [1.82, 2.24) is 10.2 Å². The topological polar surface area (TPSA) is 15.3 Å². The molecule has 106 valence electrons. The second-order valence-corrected chi connectivity index (χ2v) is 6.32. The fourth-order valence-corrected chi connectivity index (χ4v) is 2.76. The molecule has 0 radical (unpaired) electrons. The maximum atomic E-state index is 13.7. The zero-order valence-corrected chi connectivity index (χ0v) is 12.5. The van der Waals surface area contributed by atoms with E-state index in [2.05, 4.69) is 37.1 Å². The molecule has 0 spiro atoms. The predicted molar refractivity (Wildman–Crippen MR) is 77.8 cm³/mol. The Kier molecular flexibility index (Phi) is 4.26. The smallest absolute Gasteiger partial charge is 0.126 e. The highest BCUT2D eigenvalue weighted by molar-refractivity contribution is 5.25. The monoisotopic (exact) mass is 264 g/mol. The van der Waals surface area contributed by atoms with Gasteiger partial charge in [-0.3, -0.25) is 4.90 Å². The Morgan fingerprint density at radius 3 is 2.79 bits per heavy atom. The van der Waals surface area contributed by atoms with E-state index in [1.54, 1.807) is 6.07 Å². The third kappa shape index (κ3) is 3.54. The molecule has 1 heterocycles. The van der Waals surface area contributed by atoms with E-state index in [9.17, 15) is 4.39 Å². The maximum Gasteiger partial charge on any atom is 0.126 e. The van der Waals surface area contributed by atoms with Crippen LogP contribution in [0.3, 0.4) is 0 Å². The number of aryl methyl sites for hydroxylation is 1. The van der Waals surface area contributed by atoms with Gasteiger partial charge in [0, 0.05) is 24.7 Å². The van der Waals surface area contributed by atoms with Crippen LogP contribution in [0.4, 0.5) is 4.39 Å². The van der Waals surface area contributed by atoms with Gasteiger partial charge >= 0.3 is 0 Å². The van der Waals surface area contributed by atoms with Gasteiger partial charge in [-0.05, 0) is 57.9 Å². The quantitative estimate of drug-likeness (QED) is 0.882. The largest absolute Gasteiger partial charge is 0.310 e. The minimum absolute atomic E-state index is 0.100. The Balaban J connectivity index is 2.17. The maximum absolute atomic E-state index is 13.7. The lowest BCUT2D eigenvalue weighted by Crippen LogP contribution is -2.46. The minimum atomic E-state index is -0.100. The lowest BCUT2D eigenvalue weighted by Gasteiger charge is -2.34. The van der Waals surface area contributed by atoms with Crippen LogP contribution in [0.25, 0.3) is 0 Å². The molecular formula is C16H25FN2. The van der Waals surface area contributed by atoms with E-state index in [0.717, 1.165) is 31.6 Å². The van der Waals surface area contributed by atoms with Gasteiger partial charge in [0.25, 0.3) is 0 Å². The van der Waals surface area contributed by atoms with E-state index in [4.69, 9.17) is 0 Å². The first-order valence-electron chi connectivity index (χ1n) is 7.14. The lowest BCUT2D eigenvalue weighted by molar-refractivity contribution is 0.180. The summed E-state index contributed by atoms with van der Waals surface area (Å²) in [4.78, 5) is 2.45. The van der Waals surface area contributed by atoms with Crippen molar-refractivity contribution < 1.29 is 4.39 Å². The van der Waals surface area contributed by atoms with Crippen molar-refractivity contribution in [3.8, 4) is 0 Å². The van der Waals surface area contributed by atoms with Gasteiger partial charge in [-0.25, -0.2) is 4.39 Å². The first-order valence-corrected chi connectivity index (χ1v) is 7.14. The number of rotatable bonds is 2. The van der Waals surface area contributed by atoms with E-state index in [1.165, 1.54) is 0 Å². The van der Waals surface area contributed by atoms with Crippen LogP contribution in [-0.2, 0) is 0 Å². The second kappa shape index (κ2) is 5.59. The summed E-state index contributed by atoms with van der Waals surface area (Å²) in [7, 11) is 0. The molecule has 1 N–H and O–H groups in total. The van der Waals surface area contributed by atoms with Crippen molar-refractivity contribution in [2.75, 3.05) is 19.6 Å². The van der Waals surface area contributed by atoms with Gasteiger partial charge in [0.1, 0.15) is 5.82 Å². The summed E-state index contributed by atoms with van der Waals surface area (Å²) in [5.41, 5.74) is 1.91. The third-order valence-corrected chi connectivity index (χ3v) is 4.05. The number of hydrogen-bond acceptors (Lipinski definition) is 2. The van der Waals surface area contributed by atoms with Crippen molar-refractivity contribution in [1.29, 1.82) is 0 Å². The van der Waals surface area contributed by atoms with E-state index in [-0.39, 0.29) is 17.4 Å². The Labute approximate surface area is 116 Å². The molecule has 0 saturated carbocycles. The summed E-state index contributed by atoms with van der Waals surface area (Å²) >= 11 is 0. The minimum Gasteiger partial charge on any atom is -0.310 e. The molecule has 1 aromatic carbocycles. The van der Waals surface area contributed by atoms with Gasteiger partial charge in [-0.15, -0.1) is 0 Å². The number of nitrogens with zero attached hydrogens (tertiary/aromatic N) is 1. The van der Waals surface area contributed by atoms with Crippen molar-refractivity contribution in [3.63, 3.8) is 0 Å². The standard InChI is InChI=1S/C16H25FN2/c1-12-6-7-14(10-15(12)17)13(2)19-9-5-8-18-16(3,4)11-19/h6-7,10,13,18H,5,8-9,11H2,1-4H3. The predicted octanol–water partition coefficient (Wildman–Crippen LogP) is 3.27. The van der Waals surface area contributed by atoms with E-state index >= 15 is 0 Å². The Bertz CT molecular complexity index is 442. The summed E-state index contributed by atoms with van der Waals surface area (Å²) in [6, 6.07) is 5.87. The normalized spacial score (nSPS) is 21.9. The molecule has 0 aliphatic carbocycles. The van der Waals surface area contributed by atoms with E-state index < -0.39 is 0 Å². The molecular weight excluding hydrogens is 239 g/mol. The van der Waals surface area contributed by atoms with Crippen LogP contribution in [0.2, 0.25) is 0 Å². The van der Waals surface area contributed by atoms with Crippen LogP contribution in [0, 0.1) is 12.7 Å². The van der Waals surface area contributed by atoms with E-state index in [0.29, 0.717) is 5.56 Å². The number of nitrogens with one attached hydrogen (secondary N) is 1. The van der Waals surface area contributed by atoms with Crippen molar-refractivity contribution in [2.24, 2.45) is 0 Å². The zero-order valence-electron chi connectivity index (χ0n) is 12.5. The van der Waals surface area contributed by atoms with Gasteiger partial charge in [0.2, 0.25) is 0 Å². The highest BCUT2D eigenvalue weighted by Crippen LogP contribution is 2.25. The third-order valence-electron chi connectivity index (χ3n) is 4.05. The average molecular weight is 264 g/mol. The molecule has 2 rings (SSSR count). The SMILES string of the molecule is Cc1ccc(C(C)N2CCCNC(C)(C)C2)cc1F. The summed E-state index contributed by atoms with van der Waals surface area (Å²) in [6.45, 7) is 11.5. The number of hydrogen-bond donors (Lipinski definition) is 1. The molecule has 0 aromatic heterocycles. The fourth-order valence-electron chi connectivity index (χ4n) is 2.76. The number of halogens is 1. The molecule has 3 heteroatoms. The van der Waals surface area contributed by atoms with Crippen LogP contribution >= 0.6 is 0 Å². The first kappa shape index (κ1) is 14.5. The molecule has 1 aromatic rings. The molecule has 19 heavy (non-hydrogen) atoms. The van der Waals surface area contributed by atoms with E-state index in [1.807, 2.05) is 13.0 Å². The van der Waals surface area contributed by atoms with Crippen molar-refractivity contribution in [2.45, 2.75) is 45.7 Å². The first-order chi connectivity index (χ1) is 8.89. The van der Waals surface area contributed by atoms with Gasteiger partial charge < -0.3 is 5.32 Å². The van der Waals surface area contributed by atoms with Gasteiger partial charge in [-0.1, -0.05) is 12.1 Å². The molecule has 1 unspecified atom stereocenters. The average Bonchev–Trinajstić information content (AvgIpc) is 2.53. The molecule has 1 aliphatic heterocycles. The van der Waals surface area contributed by atoms with Crippen LogP contribution in [0.15, 0.2) is 18.2 Å². The molecule has 1 fully saturated rings. The summed E-state index contributed by atoms with van der Waals surface area (Å²) < 4.78 is 13.7. The van der Waals surface area contributed by atoms with Gasteiger partial charge in [-0.2, -0.15) is 0 Å². The van der Waals surface area contributed by atoms with Crippen molar-refractivity contribution in [3.05, 3.63) is 35.1 Å². The Hall–Kier alpha value is -0.930. The van der Waals surface area contributed by atoms with Gasteiger partial charge in [0.05, 0.1) is 0 Å². The van der Waals surface area contributed by atoms with Crippen LogP contribution in [0.1, 0.15) is 44.4 Å². The highest BCUT2D eigenvalue weighted by Gasteiger charge is 2.27. The summed E-state index contributed by atoms with van der Waals surface area (Å²) in [6.07, 6.45) is 1.14. The Morgan fingerprint density at radius 1 is 1.37 bits per heavy atom. The molecule has 1 atom stereocenters. The summed E-state index contributed by atoms with van der Waals surface area (Å²) in [5.74, 6) is -0.100. The molecule has 2 nitrogen and oxygen atoms in total. The summed E-state index contributed by atoms with van der Waals surface area (Å²) in [5, 5.41) is 3.56. The molecule has 0 amide bonds. The number of benzene rings is 1. The van der Waals surface area contributed by atoms with Gasteiger partial charge in [0.15, 0.2) is 0 Å². The molecule has 1 aliphatic rings. The lowest BCUT2D eigenvalue weighted by atomic mass is 10.0. The molecule has 1 saturated heterocycles. The van der Waals surface area contributed by atoms with Crippen LogP contribution in [0.5, 0.6) is 0 Å². The van der Waals surface area contributed by atoms with Crippen molar-refractivity contribution >= 4 is 0 Å². The highest BCUT2D eigenvalue weighted by atomic mass is 19.1. The van der Waals surface area contributed by atoms with Crippen LogP contribution < -0.4 is 5.32 Å². The molecule has 0 bridgehead atoms.